The summed E-state index contributed by atoms with van der Waals surface area (Å²) in [5.74, 6) is 5.40. The van der Waals surface area contributed by atoms with Crippen molar-refractivity contribution < 1.29 is 29.0 Å². The Morgan fingerprint density at radius 3 is 2.36 bits per heavy atom. The van der Waals surface area contributed by atoms with Crippen molar-refractivity contribution >= 4 is 51.7 Å². The minimum atomic E-state index is -1.33. The first kappa shape index (κ1) is 26.7. The van der Waals surface area contributed by atoms with Gasteiger partial charge in [0.1, 0.15) is 12.4 Å². The topological polar surface area (TPSA) is 114 Å². The van der Waals surface area contributed by atoms with Gasteiger partial charge in [0.25, 0.3) is 0 Å². The van der Waals surface area contributed by atoms with E-state index in [9.17, 15) is 19.5 Å². The van der Waals surface area contributed by atoms with Crippen molar-refractivity contribution in [2.45, 2.75) is 6.42 Å². The maximum Gasteiger partial charge on any atom is 0.409 e. The second-order valence-electron chi connectivity index (χ2n) is 7.44. The van der Waals surface area contributed by atoms with E-state index in [4.69, 9.17) is 9.47 Å². The molecular formula is C27H23IN2O6. The Morgan fingerprint density at radius 1 is 0.917 bits per heavy atom. The van der Waals surface area contributed by atoms with Crippen LogP contribution in [0, 0.1) is 15.4 Å². The zero-order valence-electron chi connectivity index (χ0n) is 19.3. The Bertz CT molecular complexity index is 1310. The van der Waals surface area contributed by atoms with Crippen LogP contribution in [0.3, 0.4) is 0 Å². The molecule has 3 aromatic carbocycles. The molecular weight excluding hydrogens is 575 g/mol. The van der Waals surface area contributed by atoms with E-state index in [1.807, 2.05) is 36.4 Å². The maximum atomic E-state index is 12.7. The number of hydrogen-bond donors (Lipinski definition) is 3. The van der Waals surface area contributed by atoms with Gasteiger partial charge in [-0.1, -0.05) is 42.2 Å². The van der Waals surface area contributed by atoms with E-state index < -0.39 is 18.4 Å². The summed E-state index contributed by atoms with van der Waals surface area (Å²) in [5.41, 5.74) is 1.83. The van der Waals surface area contributed by atoms with Crippen molar-refractivity contribution in [1.29, 1.82) is 0 Å². The number of ether oxygens (including phenoxy) is 2. The second kappa shape index (κ2) is 13.3. The highest BCUT2D eigenvalue weighted by molar-refractivity contribution is 14.1. The van der Waals surface area contributed by atoms with Gasteiger partial charge >= 0.3 is 6.09 Å². The highest BCUT2D eigenvalue weighted by atomic mass is 127. The number of nitrogens with one attached hydrogen (secondary N) is 2. The van der Waals surface area contributed by atoms with Crippen LogP contribution in [0.15, 0.2) is 66.7 Å². The number of halogens is 1. The van der Waals surface area contributed by atoms with E-state index in [2.05, 4.69) is 45.1 Å². The van der Waals surface area contributed by atoms with Crippen molar-refractivity contribution in [3.05, 3.63) is 87.0 Å². The first-order valence-corrected chi connectivity index (χ1v) is 11.9. The van der Waals surface area contributed by atoms with E-state index in [1.54, 1.807) is 18.2 Å². The lowest BCUT2D eigenvalue weighted by atomic mass is 10.1. The molecule has 0 aliphatic heterocycles. The smallest absolute Gasteiger partial charge is 0.409 e. The lowest BCUT2D eigenvalue weighted by molar-refractivity contribution is -0.115. The Labute approximate surface area is 222 Å². The summed E-state index contributed by atoms with van der Waals surface area (Å²) in [4.78, 5) is 36.7. The number of methoxy groups -OCH3 is 1. The van der Waals surface area contributed by atoms with E-state index in [0.717, 1.165) is 9.13 Å². The summed E-state index contributed by atoms with van der Waals surface area (Å²) in [6.07, 6.45) is -1.74. The maximum absolute atomic E-state index is 12.7. The quantitative estimate of drug-likeness (QED) is 0.105. The molecule has 9 heteroatoms. The molecule has 0 aliphatic carbocycles. The first-order chi connectivity index (χ1) is 17.4. The van der Waals surface area contributed by atoms with Crippen molar-refractivity contribution in [3.8, 4) is 17.6 Å². The molecule has 36 heavy (non-hydrogen) atoms. The van der Waals surface area contributed by atoms with Crippen LogP contribution in [-0.2, 0) is 9.53 Å². The van der Waals surface area contributed by atoms with Gasteiger partial charge in [-0.05, 0) is 52.9 Å². The summed E-state index contributed by atoms with van der Waals surface area (Å²) < 4.78 is 11.7. The summed E-state index contributed by atoms with van der Waals surface area (Å²) in [6, 6.07) is 19.1. The molecule has 3 N–H and O–H groups in total. The summed E-state index contributed by atoms with van der Waals surface area (Å²) >= 11 is 2.09. The van der Waals surface area contributed by atoms with Gasteiger partial charge in [0.2, 0.25) is 5.91 Å². The number of anilines is 2. The molecule has 0 saturated heterocycles. The Hall–Kier alpha value is -3.88. The standard InChI is InChI=1S/C27H23IN2O6/c1-35-12-13-36-25-16-23(30-27(33)34)22(15-20(25)11-10-18-6-3-2-4-7-18)29-26(32)17-24(31)19-8-5-9-21(28)14-19/h2-9,14-16,30H,12-13,17H2,1H3,(H,29,32)(H,33,34). The highest BCUT2D eigenvalue weighted by Gasteiger charge is 2.17. The molecule has 0 heterocycles. The van der Waals surface area contributed by atoms with Crippen LogP contribution in [-0.4, -0.2) is 43.2 Å². The third kappa shape index (κ3) is 8.11. The van der Waals surface area contributed by atoms with Gasteiger partial charge in [0.15, 0.2) is 5.78 Å². The average Bonchev–Trinajstić information content (AvgIpc) is 2.85. The SMILES string of the molecule is COCCOc1cc(NC(=O)O)c(NC(=O)CC(=O)c2cccc(I)c2)cc1C#Cc1ccccc1. The molecule has 0 fully saturated rings. The molecule has 0 spiro atoms. The molecule has 8 nitrogen and oxygen atoms in total. The fourth-order valence-electron chi connectivity index (χ4n) is 3.12. The Balaban J connectivity index is 1.92. The lowest BCUT2D eigenvalue weighted by Gasteiger charge is -2.15. The number of hydrogen-bond acceptors (Lipinski definition) is 5. The number of benzene rings is 3. The molecule has 3 aromatic rings. The van der Waals surface area contributed by atoms with Gasteiger partial charge in [-0.15, -0.1) is 0 Å². The minimum absolute atomic E-state index is 0.0789. The largest absolute Gasteiger partial charge is 0.490 e. The molecule has 0 unspecified atom stereocenters. The number of carbonyl (C=O) groups is 3. The van der Waals surface area contributed by atoms with E-state index >= 15 is 0 Å². The predicted octanol–water partition coefficient (Wildman–Crippen LogP) is 5.02. The number of carbonyl (C=O) groups excluding carboxylic acids is 2. The molecule has 3 rings (SSSR count). The molecule has 0 saturated carbocycles. The van der Waals surface area contributed by atoms with Gasteiger partial charge < -0.3 is 19.9 Å². The third-order valence-electron chi connectivity index (χ3n) is 4.76. The lowest BCUT2D eigenvalue weighted by Crippen LogP contribution is -2.19. The van der Waals surface area contributed by atoms with Crippen LogP contribution in [0.5, 0.6) is 5.75 Å². The van der Waals surface area contributed by atoms with Gasteiger partial charge in [-0.25, -0.2) is 4.79 Å². The zero-order chi connectivity index (χ0) is 25.9. The molecule has 0 aromatic heterocycles. The van der Waals surface area contributed by atoms with Crippen LogP contribution in [0.4, 0.5) is 16.2 Å². The van der Waals surface area contributed by atoms with Crippen LogP contribution < -0.4 is 15.4 Å². The second-order valence-corrected chi connectivity index (χ2v) is 8.69. The number of Topliss-reactive ketones (excluding diaryl/α,β-unsaturated/α-hetero) is 1. The molecule has 184 valence electrons. The molecule has 0 atom stereocenters. The summed E-state index contributed by atoms with van der Waals surface area (Å²) in [6.45, 7) is 0.519. The number of carboxylic acid groups (broad SMARTS) is 1. The first-order valence-electron chi connectivity index (χ1n) is 10.8. The van der Waals surface area contributed by atoms with Crippen LogP contribution in [0.25, 0.3) is 0 Å². The minimum Gasteiger partial charge on any atom is -0.490 e. The summed E-state index contributed by atoms with van der Waals surface area (Å²) in [7, 11) is 1.53. The highest BCUT2D eigenvalue weighted by Crippen LogP contribution is 2.31. The van der Waals surface area contributed by atoms with Crippen LogP contribution >= 0.6 is 22.6 Å². The number of ketones is 1. The summed E-state index contributed by atoms with van der Waals surface area (Å²) in [5, 5.41) is 14.2. The van der Waals surface area contributed by atoms with Crippen LogP contribution in [0.1, 0.15) is 27.9 Å². The van der Waals surface area contributed by atoms with Crippen molar-refractivity contribution in [3.63, 3.8) is 0 Å². The van der Waals surface area contributed by atoms with E-state index in [0.29, 0.717) is 23.5 Å². The molecule has 0 radical (unpaired) electrons. The average molecular weight is 598 g/mol. The fourth-order valence-corrected chi connectivity index (χ4v) is 3.66. The van der Waals surface area contributed by atoms with Crippen molar-refractivity contribution in [2.75, 3.05) is 31.0 Å². The zero-order valence-corrected chi connectivity index (χ0v) is 21.5. The normalized spacial score (nSPS) is 10.1. The predicted molar refractivity (Wildman–Crippen MR) is 145 cm³/mol. The molecule has 0 aliphatic rings. The molecule has 0 bridgehead atoms. The number of rotatable bonds is 9. The Kier molecular flexibility index (Phi) is 9.85. The Morgan fingerprint density at radius 2 is 1.67 bits per heavy atom. The van der Waals surface area contributed by atoms with Gasteiger partial charge in [-0.3, -0.25) is 14.9 Å². The van der Waals surface area contributed by atoms with E-state index in [1.165, 1.54) is 19.2 Å². The van der Waals surface area contributed by atoms with E-state index in [-0.39, 0.29) is 23.8 Å². The van der Waals surface area contributed by atoms with Gasteiger partial charge in [0, 0.05) is 27.9 Å². The third-order valence-corrected chi connectivity index (χ3v) is 5.43. The fraction of sp³-hybridized carbons (Fsp3) is 0.148. The monoisotopic (exact) mass is 598 g/mol. The van der Waals surface area contributed by atoms with Crippen LogP contribution in [0.2, 0.25) is 0 Å². The van der Waals surface area contributed by atoms with Crippen molar-refractivity contribution in [2.24, 2.45) is 0 Å². The molecule has 2 amide bonds. The van der Waals surface area contributed by atoms with Gasteiger partial charge in [-0.2, -0.15) is 0 Å². The van der Waals surface area contributed by atoms with Gasteiger partial charge in [0.05, 0.1) is 30.0 Å². The number of amides is 2. The van der Waals surface area contributed by atoms with Crippen molar-refractivity contribution in [1.82, 2.24) is 0 Å².